The van der Waals surface area contributed by atoms with Gasteiger partial charge in [-0.25, -0.2) is 0 Å². The van der Waals surface area contributed by atoms with Crippen LogP contribution in [-0.2, 0) is 20.7 Å². The normalized spacial score (nSPS) is 17.5. The molecule has 1 aliphatic heterocycles. The van der Waals surface area contributed by atoms with E-state index in [0.717, 1.165) is 17.7 Å². The van der Waals surface area contributed by atoms with Crippen LogP contribution in [0.2, 0.25) is 0 Å². The summed E-state index contributed by atoms with van der Waals surface area (Å²) in [5, 5.41) is 12.2. The molecule has 6 nitrogen and oxygen atoms in total. The number of carbonyl (C=O) groups excluding carboxylic acids is 1. The number of aliphatic carboxylic acids is 1. The molecule has 0 spiro atoms. The fourth-order valence-corrected chi connectivity index (χ4v) is 3.38. The molecular weight excluding hydrogens is 322 g/mol. The second kappa shape index (κ2) is 8.85. The van der Waals surface area contributed by atoms with Crippen molar-refractivity contribution in [2.24, 2.45) is 5.92 Å². The number of benzene rings is 1. The molecule has 0 radical (unpaired) electrons. The van der Waals surface area contributed by atoms with Crippen molar-refractivity contribution in [3.8, 4) is 5.75 Å². The fourth-order valence-electron chi connectivity index (χ4n) is 3.38. The summed E-state index contributed by atoms with van der Waals surface area (Å²) in [6, 6.07) is 7.78. The van der Waals surface area contributed by atoms with E-state index in [-0.39, 0.29) is 18.2 Å². The van der Waals surface area contributed by atoms with Gasteiger partial charge in [0.1, 0.15) is 5.75 Å². The van der Waals surface area contributed by atoms with E-state index in [9.17, 15) is 14.7 Å². The summed E-state index contributed by atoms with van der Waals surface area (Å²) in [5.74, 6) is -0.0608. The fraction of sp³-hybridized carbons (Fsp3) is 0.579. The van der Waals surface area contributed by atoms with Crippen LogP contribution in [0.3, 0.4) is 0 Å². The zero-order valence-corrected chi connectivity index (χ0v) is 14.9. The molecule has 1 aromatic rings. The molecule has 2 N–H and O–H groups in total. The lowest BCUT2D eigenvalue weighted by Crippen LogP contribution is -2.53. The molecule has 1 aliphatic rings. The molecule has 1 heterocycles. The molecule has 1 aromatic carbocycles. The molecule has 138 valence electrons. The van der Waals surface area contributed by atoms with Crippen LogP contribution in [0.5, 0.6) is 5.75 Å². The highest BCUT2D eigenvalue weighted by atomic mass is 16.5. The van der Waals surface area contributed by atoms with Crippen LogP contribution in [0.1, 0.15) is 38.2 Å². The van der Waals surface area contributed by atoms with E-state index < -0.39 is 11.5 Å². The summed E-state index contributed by atoms with van der Waals surface area (Å²) in [5.41, 5.74) is 0.377. The highest BCUT2D eigenvalue weighted by Crippen LogP contribution is 2.26. The van der Waals surface area contributed by atoms with Gasteiger partial charge in [-0.1, -0.05) is 25.1 Å². The van der Waals surface area contributed by atoms with Gasteiger partial charge < -0.3 is 19.9 Å². The lowest BCUT2D eigenvalue weighted by molar-refractivity contribution is -0.140. The Bertz CT molecular complexity index is 595. The Labute approximate surface area is 148 Å². The zero-order chi connectivity index (χ0) is 18.3. The van der Waals surface area contributed by atoms with E-state index >= 15 is 0 Å². The van der Waals surface area contributed by atoms with E-state index in [1.54, 1.807) is 7.11 Å². The standard InChI is InChI=1S/C19H27NO5/c1-14(11-15-5-3-4-6-16(15)24-2)12-17(21)20-19(13-18(22)23)7-9-25-10-8-19/h3-6,14H,7-13H2,1-2H3,(H,20,21)(H,22,23). The smallest absolute Gasteiger partial charge is 0.305 e. The van der Waals surface area contributed by atoms with Crippen LogP contribution < -0.4 is 10.1 Å². The van der Waals surface area contributed by atoms with Crippen LogP contribution >= 0.6 is 0 Å². The summed E-state index contributed by atoms with van der Waals surface area (Å²) >= 11 is 0. The van der Waals surface area contributed by atoms with Crippen molar-refractivity contribution >= 4 is 11.9 Å². The topological polar surface area (TPSA) is 84.9 Å². The Morgan fingerprint density at radius 2 is 2.00 bits per heavy atom. The summed E-state index contributed by atoms with van der Waals surface area (Å²) < 4.78 is 10.7. The first-order valence-corrected chi connectivity index (χ1v) is 8.66. The molecule has 6 heteroatoms. The second-order valence-electron chi connectivity index (χ2n) is 6.84. The first-order valence-electron chi connectivity index (χ1n) is 8.66. The summed E-state index contributed by atoms with van der Waals surface area (Å²) in [4.78, 5) is 23.7. The maximum absolute atomic E-state index is 12.5. The number of carboxylic acid groups (broad SMARTS) is 1. The Morgan fingerprint density at radius 1 is 1.32 bits per heavy atom. The van der Waals surface area contributed by atoms with Crippen LogP contribution in [-0.4, -0.2) is 42.8 Å². The van der Waals surface area contributed by atoms with Gasteiger partial charge in [0.05, 0.1) is 19.1 Å². The Balaban J connectivity index is 1.94. The van der Waals surface area contributed by atoms with Crippen LogP contribution in [0, 0.1) is 5.92 Å². The average Bonchev–Trinajstić information content (AvgIpc) is 2.54. The van der Waals surface area contributed by atoms with E-state index in [2.05, 4.69) is 5.32 Å². The molecular formula is C19H27NO5. The maximum atomic E-state index is 12.5. The third-order valence-electron chi connectivity index (χ3n) is 4.64. The monoisotopic (exact) mass is 349 g/mol. The van der Waals surface area contributed by atoms with E-state index in [1.807, 2.05) is 31.2 Å². The number of rotatable bonds is 8. The highest BCUT2D eigenvalue weighted by Gasteiger charge is 2.36. The number of amides is 1. The average molecular weight is 349 g/mol. The number of para-hydroxylation sites is 1. The quantitative estimate of drug-likeness (QED) is 0.753. The second-order valence-corrected chi connectivity index (χ2v) is 6.84. The molecule has 1 fully saturated rings. The molecule has 1 saturated heterocycles. The molecule has 1 amide bonds. The largest absolute Gasteiger partial charge is 0.496 e. The number of methoxy groups -OCH3 is 1. The number of hydrogen-bond donors (Lipinski definition) is 2. The lowest BCUT2D eigenvalue weighted by Gasteiger charge is -2.37. The van der Waals surface area contributed by atoms with E-state index in [0.29, 0.717) is 32.5 Å². The number of ether oxygens (including phenoxy) is 2. The molecule has 1 atom stereocenters. The van der Waals surface area contributed by atoms with Gasteiger partial charge >= 0.3 is 5.97 Å². The first-order chi connectivity index (χ1) is 11.9. The van der Waals surface area contributed by atoms with E-state index in [4.69, 9.17) is 9.47 Å². The van der Waals surface area contributed by atoms with Crippen LogP contribution in [0.4, 0.5) is 0 Å². The maximum Gasteiger partial charge on any atom is 0.305 e. The molecule has 0 bridgehead atoms. The Kier molecular flexibility index (Phi) is 6.82. The van der Waals surface area contributed by atoms with Gasteiger partial charge in [-0.2, -0.15) is 0 Å². The third kappa shape index (κ3) is 5.74. The van der Waals surface area contributed by atoms with Crippen molar-refractivity contribution in [1.82, 2.24) is 5.32 Å². The van der Waals surface area contributed by atoms with Crippen molar-refractivity contribution < 1.29 is 24.2 Å². The summed E-state index contributed by atoms with van der Waals surface area (Å²) in [6.45, 7) is 2.97. The molecule has 0 aliphatic carbocycles. The van der Waals surface area contributed by atoms with Gasteiger partial charge in [0.15, 0.2) is 0 Å². The lowest BCUT2D eigenvalue weighted by atomic mass is 9.86. The van der Waals surface area contributed by atoms with Crippen LogP contribution in [0.25, 0.3) is 0 Å². The number of nitrogens with one attached hydrogen (secondary N) is 1. The minimum absolute atomic E-state index is 0.0665. The van der Waals surface area contributed by atoms with Gasteiger partial charge in [0.2, 0.25) is 5.91 Å². The minimum Gasteiger partial charge on any atom is -0.496 e. The van der Waals surface area contributed by atoms with Gasteiger partial charge in [-0.15, -0.1) is 0 Å². The van der Waals surface area contributed by atoms with Crippen molar-refractivity contribution in [2.45, 2.75) is 44.6 Å². The Hall–Kier alpha value is -2.08. The molecule has 25 heavy (non-hydrogen) atoms. The van der Waals surface area contributed by atoms with Crippen molar-refractivity contribution in [3.63, 3.8) is 0 Å². The number of hydrogen-bond acceptors (Lipinski definition) is 4. The SMILES string of the molecule is COc1ccccc1CC(C)CC(=O)NC1(CC(=O)O)CCOCC1. The molecule has 0 saturated carbocycles. The van der Waals surface area contributed by atoms with E-state index in [1.165, 1.54) is 0 Å². The first kappa shape index (κ1) is 19.2. The van der Waals surface area contributed by atoms with Crippen molar-refractivity contribution in [2.75, 3.05) is 20.3 Å². The number of carboxylic acids is 1. The van der Waals surface area contributed by atoms with Gasteiger partial charge in [0, 0.05) is 19.6 Å². The van der Waals surface area contributed by atoms with Crippen molar-refractivity contribution in [3.05, 3.63) is 29.8 Å². The number of carbonyl (C=O) groups is 2. The molecule has 2 rings (SSSR count). The van der Waals surface area contributed by atoms with Gasteiger partial charge in [0.25, 0.3) is 0 Å². The summed E-state index contributed by atoms with van der Waals surface area (Å²) in [7, 11) is 1.64. The van der Waals surface area contributed by atoms with Crippen molar-refractivity contribution in [1.29, 1.82) is 0 Å². The predicted molar refractivity (Wildman–Crippen MR) is 93.7 cm³/mol. The predicted octanol–water partition coefficient (Wildman–Crippen LogP) is 2.40. The zero-order valence-electron chi connectivity index (χ0n) is 14.9. The summed E-state index contributed by atoms with van der Waals surface area (Å²) in [6.07, 6.45) is 2.08. The van der Waals surface area contributed by atoms with Gasteiger partial charge in [-0.3, -0.25) is 9.59 Å². The highest BCUT2D eigenvalue weighted by molar-refractivity contribution is 5.78. The Morgan fingerprint density at radius 3 is 2.64 bits per heavy atom. The van der Waals surface area contributed by atoms with Crippen LogP contribution in [0.15, 0.2) is 24.3 Å². The van der Waals surface area contributed by atoms with Gasteiger partial charge in [-0.05, 0) is 36.8 Å². The molecule has 1 unspecified atom stereocenters. The third-order valence-corrected chi connectivity index (χ3v) is 4.64. The molecule has 0 aromatic heterocycles. The minimum atomic E-state index is -0.899.